The van der Waals surface area contributed by atoms with E-state index in [0.29, 0.717) is 18.5 Å². The van der Waals surface area contributed by atoms with Crippen molar-refractivity contribution in [3.63, 3.8) is 0 Å². The van der Waals surface area contributed by atoms with Crippen LogP contribution in [0, 0.1) is 6.92 Å². The van der Waals surface area contributed by atoms with Crippen molar-refractivity contribution in [1.82, 2.24) is 9.88 Å². The Morgan fingerprint density at radius 2 is 2.15 bits per heavy atom. The predicted molar refractivity (Wildman–Crippen MR) is 102 cm³/mol. The van der Waals surface area contributed by atoms with Crippen molar-refractivity contribution in [1.29, 1.82) is 0 Å². The van der Waals surface area contributed by atoms with E-state index in [0.717, 1.165) is 29.7 Å². The van der Waals surface area contributed by atoms with Crippen LogP contribution >= 0.6 is 0 Å². The number of ether oxygens (including phenoxy) is 1. The number of methoxy groups -OCH3 is 1. The topological polar surface area (TPSA) is 71.5 Å². The number of hydrogen-bond donors (Lipinski definition) is 1. The Morgan fingerprint density at radius 1 is 1.30 bits per heavy atom. The molecule has 140 valence electrons. The summed E-state index contributed by atoms with van der Waals surface area (Å²) in [5.41, 5.74) is 2.81. The molecule has 1 aromatic carbocycles. The van der Waals surface area contributed by atoms with Crippen molar-refractivity contribution in [3.8, 4) is 11.3 Å². The van der Waals surface area contributed by atoms with Crippen molar-refractivity contribution in [2.75, 3.05) is 12.4 Å². The lowest BCUT2D eigenvalue weighted by atomic mass is 9.68. The molecule has 1 aliphatic heterocycles. The smallest absolute Gasteiger partial charge is 0.331 e. The molecule has 2 aliphatic rings. The zero-order valence-electron chi connectivity index (χ0n) is 15.6. The molecule has 1 aromatic heterocycles. The number of nitrogens with one attached hydrogen (secondary N) is 1. The quantitative estimate of drug-likeness (QED) is 0.841. The Hall–Kier alpha value is -2.89. The number of piperidine rings is 1. The second kappa shape index (κ2) is 6.68. The number of urea groups is 1. The fraction of sp³-hybridized carbons (Fsp3) is 0.381. The van der Waals surface area contributed by atoms with Gasteiger partial charge in [0.15, 0.2) is 0 Å². The van der Waals surface area contributed by atoms with Crippen LogP contribution in [0.4, 0.5) is 10.5 Å². The van der Waals surface area contributed by atoms with Crippen molar-refractivity contribution in [2.45, 2.75) is 44.2 Å². The van der Waals surface area contributed by atoms with Crippen LogP contribution in [0.3, 0.4) is 0 Å². The maximum Gasteiger partial charge on any atom is 0.331 e. The van der Waals surface area contributed by atoms with Gasteiger partial charge in [0.2, 0.25) is 0 Å². The third kappa shape index (κ3) is 2.85. The molecule has 2 atom stereocenters. The van der Waals surface area contributed by atoms with Gasteiger partial charge in [0.1, 0.15) is 5.54 Å². The van der Waals surface area contributed by atoms with Gasteiger partial charge >= 0.3 is 12.0 Å². The molecule has 2 amide bonds. The van der Waals surface area contributed by atoms with Crippen molar-refractivity contribution < 1.29 is 14.3 Å². The number of hydrogen-bond acceptors (Lipinski definition) is 4. The van der Waals surface area contributed by atoms with E-state index in [1.807, 2.05) is 43.3 Å². The first kappa shape index (κ1) is 17.5. The third-order valence-corrected chi connectivity index (χ3v) is 5.74. The van der Waals surface area contributed by atoms with Gasteiger partial charge in [-0.3, -0.25) is 4.98 Å². The molecule has 2 bridgehead atoms. The molecule has 1 saturated carbocycles. The molecule has 2 fully saturated rings. The standard InChI is InChI=1S/C21H23N3O3/c1-14-8-9-15(12-17(14)18-7-3-4-11-22-18)23-20(26)24-16-6-5-10-21(24,13-16)19(25)27-2/h3-4,7-9,11-12,16H,5-6,10,13H2,1-2H3,(H,23,26)/t16-,21?/m0/s1. The molecular weight excluding hydrogens is 342 g/mol. The molecule has 6 nitrogen and oxygen atoms in total. The van der Waals surface area contributed by atoms with Gasteiger partial charge in [-0.05, 0) is 56.0 Å². The van der Waals surface area contributed by atoms with E-state index >= 15 is 0 Å². The highest BCUT2D eigenvalue weighted by Gasteiger charge is 2.61. The van der Waals surface area contributed by atoms with E-state index in [1.165, 1.54) is 7.11 Å². The molecular formula is C21H23N3O3. The fourth-order valence-corrected chi connectivity index (χ4v) is 4.42. The minimum absolute atomic E-state index is 0.110. The lowest BCUT2D eigenvalue weighted by Crippen LogP contribution is -2.74. The Balaban J connectivity index is 1.58. The van der Waals surface area contributed by atoms with Crippen LogP contribution in [0.5, 0.6) is 0 Å². The number of amides is 2. The van der Waals surface area contributed by atoms with Gasteiger partial charge in [-0.25, -0.2) is 9.59 Å². The summed E-state index contributed by atoms with van der Waals surface area (Å²) in [6.45, 7) is 2.02. The summed E-state index contributed by atoms with van der Waals surface area (Å²) in [5.74, 6) is -0.313. The Morgan fingerprint density at radius 3 is 2.85 bits per heavy atom. The Bertz CT molecular complexity index is 879. The average Bonchev–Trinajstić information content (AvgIpc) is 2.69. The molecule has 1 N–H and O–H groups in total. The molecule has 1 unspecified atom stereocenters. The maximum absolute atomic E-state index is 13.0. The summed E-state index contributed by atoms with van der Waals surface area (Å²) in [7, 11) is 1.38. The van der Waals surface area contributed by atoms with Crippen LogP contribution in [0.2, 0.25) is 0 Å². The normalized spacial score (nSPS) is 23.3. The molecule has 4 rings (SSSR count). The summed E-state index contributed by atoms with van der Waals surface area (Å²) in [6, 6.07) is 11.4. The van der Waals surface area contributed by atoms with Gasteiger partial charge in [0.25, 0.3) is 0 Å². The lowest BCUT2D eigenvalue weighted by Gasteiger charge is -2.59. The highest BCUT2D eigenvalue weighted by Crippen LogP contribution is 2.48. The minimum atomic E-state index is -0.795. The maximum atomic E-state index is 13.0. The second-order valence-electron chi connectivity index (χ2n) is 7.32. The zero-order chi connectivity index (χ0) is 19.0. The molecule has 2 heterocycles. The molecule has 6 heteroatoms. The summed E-state index contributed by atoms with van der Waals surface area (Å²) in [4.78, 5) is 31.4. The van der Waals surface area contributed by atoms with E-state index in [1.54, 1.807) is 11.1 Å². The molecule has 0 radical (unpaired) electrons. The van der Waals surface area contributed by atoms with E-state index < -0.39 is 5.54 Å². The van der Waals surface area contributed by atoms with Crippen molar-refractivity contribution >= 4 is 17.7 Å². The first-order chi connectivity index (χ1) is 13.0. The van der Waals surface area contributed by atoms with Gasteiger partial charge in [0.05, 0.1) is 12.8 Å². The summed E-state index contributed by atoms with van der Waals surface area (Å²) >= 11 is 0. The number of anilines is 1. The number of aryl methyl sites for hydroxylation is 1. The number of nitrogens with zero attached hydrogens (tertiary/aromatic N) is 2. The molecule has 1 saturated heterocycles. The van der Waals surface area contributed by atoms with Crippen LogP contribution in [0.15, 0.2) is 42.6 Å². The first-order valence-electron chi connectivity index (χ1n) is 9.26. The van der Waals surface area contributed by atoms with Crippen molar-refractivity contribution in [2.24, 2.45) is 0 Å². The van der Waals surface area contributed by atoms with Gasteiger partial charge < -0.3 is 15.0 Å². The van der Waals surface area contributed by atoms with Gasteiger partial charge in [0, 0.05) is 29.9 Å². The van der Waals surface area contributed by atoms with E-state index in [9.17, 15) is 9.59 Å². The molecule has 0 spiro atoms. The summed E-state index contributed by atoms with van der Waals surface area (Å²) < 4.78 is 4.99. The Labute approximate surface area is 158 Å². The number of aromatic nitrogens is 1. The highest BCUT2D eigenvalue weighted by molar-refractivity contribution is 5.97. The largest absolute Gasteiger partial charge is 0.467 e. The highest BCUT2D eigenvalue weighted by atomic mass is 16.5. The van der Waals surface area contributed by atoms with E-state index in [2.05, 4.69) is 10.3 Å². The minimum Gasteiger partial charge on any atom is -0.467 e. The van der Waals surface area contributed by atoms with Crippen LogP contribution in [-0.2, 0) is 9.53 Å². The number of carbonyl (C=O) groups is 2. The number of fused-ring (bicyclic) bond motifs is 2. The number of esters is 1. The van der Waals surface area contributed by atoms with E-state index in [-0.39, 0.29) is 18.0 Å². The predicted octanol–water partition coefficient (Wildman–Crippen LogP) is 3.76. The third-order valence-electron chi connectivity index (χ3n) is 5.74. The second-order valence-corrected chi connectivity index (χ2v) is 7.32. The van der Waals surface area contributed by atoms with Gasteiger partial charge in [-0.1, -0.05) is 12.1 Å². The monoisotopic (exact) mass is 365 g/mol. The van der Waals surface area contributed by atoms with Gasteiger partial charge in [-0.15, -0.1) is 0 Å². The van der Waals surface area contributed by atoms with Crippen LogP contribution in [0.1, 0.15) is 31.2 Å². The molecule has 1 aliphatic carbocycles. The van der Waals surface area contributed by atoms with Gasteiger partial charge in [-0.2, -0.15) is 0 Å². The number of likely N-dealkylation sites (tertiary alicyclic amines) is 1. The van der Waals surface area contributed by atoms with Crippen LogP contribution < -0.4 is 5.32 Å². The Kier molecular flexibility index (Phi) is 4.34. The van der Waals surface area contributed by atoms with E-state index in [4.69, 9.17) is 4.74 Å². The number of pyridine rings is 1. The zero-order valence-corrected chi connectivity index (χ0v) is 15.6. The van der Waals surface area contributed by atoms with Crippen LogP contribution in [-0.4, -0.2) is 40.6 Å². The number of benzene rings is 1. The number of rotatable bonds is 3. The summed E-state index contributed by atoms with van der Waals surface area (Å²) in [5, 5.41) is 2.97. The number of carbonyl (C=O) groups excluding carboxylic acids is 2. The molecule has 2 aromatic rings. The average molecular weight is 365 g/mol. The SMILES string of the molecule is COC(=O)C12CCC[C@@H](C1)N2C(=O)Nc1ccc(C)c(-c2ccccn2)c1. The summed E-state index contributed by atoms with van der Waals surface area (Å²) in [6.07, 6.45) is 4.98. The van der Waals surface area contributed by atoms with Crippen molar-refractivity contribution in [3.05, 3.63) is 48.2 Å². The fourth-order valence-electron chi connectivity index (χ4n) is 4.42. The molecule has 27 heavy (non-hydrogen) atoms. The first-order valence-corrected chi connectivity index (χ1v) is 9.26. The lowest BCUT2D eigenvalue weighted by molar-refractivity contribution is -0.172. The van der Waals surface area contributed by atoms with Crippen LogP contribution in [0.25, 0.3) is 11.3 Å².